The van der Waals surface area contributed by atoms with Gasteiger partial charge in [0, 0.05) is 110 Å². The van der Waals surface area contributed by atoms with Crippen molar-refractivity contribution in [2.75, 3.05) is 97.1 Å². The number of amides is 1. The summed E-state index contributed by atoms with van der Waals surface area (Å²) in [5.41, 5.74) is 35.4. The number of carbonyl (C=O) groups excluding carboxylic acids is 1. The summed E-state index contributed by atoms with van der Waals surface area (Å²) in [4.78, 5) is 73.7. The second-order valence-electron chi connectivity index (χ2n) is 26.0. The lowest BCUT2D eigenvalue weighted by atomic mass is 10.2. The predicted octanol–water partition coefficient (Wildman–Crippen LogP) is 11.6. The number of pyridine rings is 3. The zero-order valence-electron chi connectivity index (χ0n) is 70.9. The smallest absolute Gasteiger partial charge is 0.254 e. The van der Waals surface area contributed by atoms with E-state index in [-0.39, 0.29) is 97.8 Å². The summed E-state index contributed by atoms with van der Waals surface area (Å²) >= 11 is 0. The predicted molar refractivity (Wildman–Crippen MR) is 478 cm³/mol. The normalized spacial score (nSPS) is 10.8. The Balaban J connectivity index is 0.000000148. The molecule has 0 spiro atoms. The molecule has 0 atom stereocenters. The SMILES string of the molecule is CNc1cc(C)c(N=Nc2c(C#N)cnn2-c2ncccn2)c(NC)n1.CNc1cc(NC)c(N=Nc2c(C#N)cnn2-c2ncccn2)c(NC)n1.CNc1nc(-n2cccc2)cc(C)c1N=Nc1c(C#N)cnn1-c1ncccn1.Cc1nc(N)nc(N)c1N=Nc1c(C#N)cnn1-c1ncccn1.Cc1nc(N)nc(N)c1N=Nc1c(C(N)=O)cnn1-c1ccccc1. The van der Waals surface area contributed by atoms with Crippen molar-refractivity contribution in [2.24, 2.45) is 56.9 Å². The highest BCUT2D eigenvalue weighted by molar-refractivity contribution is 5.97. The second kappa shape index (κ2) is 42.6. The number of aryl methyl sites for hydroxylation is 4. The molecule has 0 saturated carbocycles. The summed E-state index contributed by atoms with van der Waals surface area (Å²) in [6.45, 7) is 7.17. The Hall–Kier alpha value is -20.1. The Morgan fingerprint density at radius 1 is 0.359 bits per heavy atom. The van der Waals surface area contributed by atoms with Crippen molar-refractivity contribution < 1.29 is 4.79 Å². The number of anilines is 10. The van der Waals surface area contributed by atoms with E-state index in [2.05, 4.69) is 189 Å². The number of nitrogens with zero attached hydrogens (tertiary/aromatic N) is 40. The summed E-state index contributed by atoms with van der Waals surface area (Å²) in [6, 6.07) is 33.5. The minimum absolute atomic E-state index is 0.0427. The molecule has 52 heteroatoms. The van der Waals surface area contributed by atoms with E-state index >= 15 is 0 Å². The third kappa shape index (κ3) is 21.3. The van der Waals surface area contributed by atoms with E-state index < -0.39 is 5.91 Å². The van der Waals surface area contributed by atoms with Crippen LogP contribution in [0.3, 0.4) is 0 Å². The third-order valence-electron chi connectivity index (χ3n) is 17.6. The average Bonchev–Trinajstić information content (AvgIpc) is 1.70. The maximum atomic E-state index is 11.7. The highest BCUT2D eigenvalue weighted by Gasteiger charge is 2.23. The number of nitrogen functional groups attached to an aromatic ring is 4. The molecule has 0 fully saturated rings. The van der Waals surface area contributed by atoms with Gasteiger partial charge >= 0.3 is 0 Å². The first-order valence-electron chi connectivity index (χ1n) is 38.3. The molecule has 652 valence electrons. The molecule has 0 aliphatic rings. The van der Waals surface area contributed by atoms with E-state index in [9.17, 15) is 25.8 Å². The molecule has 0 radical (unpaired) electrons. The number of aromatic nitrogens is 26. The van der Waals surface area contributed by atoms with E-state index in [0.29, 0.717) is 86.8 Å². The lowest BCUT2D eigenvalue weighted by Gasteiger charge is -2.11. The Bertz CT molecular complexity index is 6980. The molecule has 0 aliphatic carbocycles. The molecule has 0 unspecified atom stereocenters. The lowest BCUT2D eigenvalue weighted by molar-refractivity contribution is 0.100. The first-order chi connectivity index (χ1) is 63.7. The molecule has 131 heavy (non-hydrogen) atoms. The molecule has 0 saturated heterocycles. The van der Waals surface area contributed by atoms with Crippen molar-refractivity contribution in [3.63, 3.8) is 0 Å². The molecular formula is C79H75N51O. The van der Waals surface area contributed by atoms with Crippen molar-refractivity contribution in [3.05, 3.63) is 228 Å². The standard InChI is InChI=1S/C19H16N10.C16H17N11.C16H16N10.C15H15N9O.C13H11N11/c1-13-10-15(28-8-3-4-9-28)25-17(21-2)16(13)26-27-18-14(11-20)12-24-29(18)19-22-6-5-7-23-19;1-18-11-7-12(19-2)24-14(20-3)13(11)25-26-15-10(8-17)9-23-27(15)16-21-5-4-6-22-16;1-10-7-12(18-2)23-14(19-3)13(10)24-25-15-11(8-17)9-22-26(15)16-20-5-4-6-21-16;1-8-11(12(16)21-15(18)20-8)22-23-14-10(13(17)25)7-19-24(14)9-5-3-2-4-6-9;1-7-9(10(15)21-12(16)20-7)22-23-11-8(5-14)6-19-24(11)13-17-3-2-4-18-13/h3-10,12H,1-2H3,(H,21,25);4-7,9H,1-3H3,(H3,18,19,20,24);4-7,9H,1-3H3,(H2,18,19,23);2-7H,1H3,(H2,17,25)(H4,16,18,20,21);2-4,6H,1H3,(H4,15,16,20,21). The molecule has 1 aromatic carbocycles. The average molecular weight is 1750 g/mol. The Morgan fingerprint density at radius 2 is 0.702 bits per heavy atom. The van der Waals surface area contributed by atoms with E-state index in [4.69, 9.17) is 28.7 Å². The van der Waals surface area contributed by atoms with Gasteiger partial charge in [0.1, 0.15) is 92.3 Å². The number of nitrogens with one attached hydrogen (secondary N) is 6. The van der Waals surface area contributed by atoms with Gasteiger partial charge in [0.05, 0.1) is 53.7 Å². The Kier molecular flexibility index (Phi) is 29.3. The van der Waals surface area contributed by atoms with Crippen molar-refractivity contribution >= 4 is 122 Å². The number of para-hydroxylation sites is 1. The van der Waals surface area contributed by atoms with Crippen molar-refractivity contribution in [2.45, 2.75) is 27.7 Å². The number of rotatable bonds is 23. The van der Waals surface area contributed by atoms with Gasteiger partial charge in [-0.05, 0) is 99.5 Å². The first kappa shape index (κ1) is 90.2. The van der Waals surface area contributed by atoms with Crippen LogP contribution in [0.5, 0.6) is 0 Å². The van der Waals surface area contributed by atoms with Crippen LogP contribution in [0.4, 0.5) is 116 Å². The number of nitrogens with two attached hydrogens (primary N) is 5. The zero-order valence-corrected chi connectivity index (χ0v) is 70.9. The van der Waals surface area contributed by atoms with Crippen LogP contribution in [0.1, 0.15) is 55.1 Å². The summed E-state index contributed by atoms with van der Waals surface area (Å²) in [7, 11) is 10.6. The molecule has 16 rings (SSSR count). The number of carbonyl (C=O) groups is 1. The fourth-order valence-corrected chi connectivity index (χ4v) is 11.4. The van der Waals surface area contributed by atoms with Gasteiger partial charge in [0.2, 0.25) is 11.9 Å². The van der Waals surface area contributed by atoms with Gasteiger partial charge in [0.25, 0.3) is 29.7 Å². The van der Waals surface area contributed by atoms with Crippen molar-refractivity contribution in [3.8, 4) is 59.6 Å². The molecule has 15 heterocycles. The summed E-state index contributed by atoms with van der Waals surface area (Å²) in [6.07, 6.45) is 23.3. The number of azo groups is 5. The fraction of sp³-hybridized carbons (Fsp3) is 0.127. The molecular weight excluding hydrogens is 1680 g/mol. The van der Waals surface area contributed by atoms with Crippen LogP contribution in [-0.2, 0) is 0 Å². The van der Waals surface area contributed by atoms with Crippen LogP contribution in [-0.4, -0.2) is 176 Å². The highest BCUT2D eigenvalue weighted by atomic mass is 16.1. The summed E-state index contributed by atoms with van der Waals surface area (Å²) in [5.74, 6) is 5.60. The number of hydrogen-bond acceptors (Lipinski definition) is 45. The molecule has 15 aromatic heterocycles. The van der Waals surface area contributed by atoms with Crippen LogP contribution in [0.25, 0.3) is 35.3 Å². The lowest BCUT2D eigenvalue weighted by Crippen LogP contribution is -2.10. The van der Waals surface area contributed by atoms with Gasteiger partial charge in [0.15, 0.2) is 63.9 Å². The minimum Gasteiger partial charge on any atom is -0.386 e. The summed E-state index contributed by atoms with van der Waals surface area (Å²) < 4.78 is 8.75. The van der Waals surface area contributed by atoms with Crippen molar-refractivity contribution in [1.82, 2.24) is 128 Å². The number of nitriles is 4. The fourth-order valence-electron chi connectivity index (χ4n) is 11.4. The molecule has 52 nitrogen and oxygen atoms in total. The van der Waals surface area contributed by atoms with Crippen LogP contribution in [0, 0.1) is 73.0 Å². The number of benzene rings is 1. The maximum absolute atomic E-state index is 11.7. The second-order valence-corrected chi connectivity index (χ2v) is 26.0. The van der Waals surface area contributed by atoms with Gasteiger partial charge in [-0.3, -0.25) is 4.79 Å². The van der Waals surface area contributed by atoms with E-state index in [1.807, 2.05) is 104 Å². The molecule has 16 aromatic rings. The van der Waals surface area contributed by atoms with Gasteiger partial charge in [-0.15, -0.1) is 51.1 Å². The number of primary amides is 1. The van der Waals surface area contributed by atoms with E-state index in [0.717, 1.165) is 16.9 Å². The third-order valence-corrected chi connectivity index (χ3v) is 17.6. The quantitative estimate of drug-likeness (QED) is 0.0265. The van der Waals surface area contributed by atoms with Crippen LogP contribution >= 0.6 is 0 Å². The van der Waals surface area contributed by atoms with Crippen LogP contribution in [0.15, 0.2) is 229 Å². The van der Waals surface area contributed by atoms with Crippen LogP contribution in [0.2, 0.25) is 0 Å². The molecule has 0 bridgehead atoms. The van der Waals surface area contributed by atoms with Gasteiger partial charge in [-0.1, -0.05) is 18.2 Å². The first-order valence-corrected chi connectivity index (χ1v) is 38.3. The Labute approximate surface area is 741 Å². The minimum atomic E-state index is -0.672. The Morgan fingerprint density at radius 3 is 1.06 bits per heavy atom. The topological polar surface area (TPSA) is 725 Å². The molecule has 16 N–H and O–H groups in total. The van der Waals surface area contributed by atoms with E-state index in [1.54, 1.807) is 136 Å². The maximum Gasteiger partial charge on any atom is 0.254 e. The van der Waals surface area contributed by atoms with Gasteiger partial charge < -0.3 is 65.1 Å². The molecule has 0 aliphatic heterocycles. The largest absolute Gasteiger partial charge is 0.386 e. The monoisotopic (exact) mass is 1750 g/mol. The number of hydrogen-bond donors (Lipinski definition) is 11. The van der Waals surface area contributed by atoms with Gasteiger partial charge in [-0.25, -0.2) is 69.5 Å². The highest BCUT2D eigenvalue weighted by Crippen LogP contribution is 2.39. The van der Waals surface area contributed by atoms with Crippen LogP contribution < -0.4 is 60.6 Å². The summed E-state index contributed by atoms with van der Waals surface area (Å²) in [5, 5.41) is 118. The molecule has 1 amide bonds. The van der Waals surface area contributed by atoms with E-state index in [1.165, 1.54) is 54.4 Å². The van der Waals surface area contributed by atoms with Gasteiger partial charge in [-0.2, -0.15) is 75.2 Å². The van der Waals surface area contributed by atoms with Crippen molar-refractivity contribution in [1.29, 1.82) is 21.0 Å². The zero-order chi connectivity index (χ0) is 93.0.